The molecule has 3 aromatic rings. The number of amides is 1. The van der Waals surface area contributed by atoms with Crippen molar-refractivity contribution in [1.29, 1.82) is 0 Å². The Kier molecular flexibility index (Phi) is 5.11. The predicted octanol–water partition coefficient (Wildman–Crippen LogP) is 3.57. The van der Waals surface area contributed by atoms with E-state index < -0.39 is 15.7 Å². The summed E-state index contributed by atoms with van der Waals surface area (Å²) < 4.78 is 27.6. The number of rotatable bonds is 4. The van der Waals surface area contributed by atoms with E-state index in [9.17, 15) is 13.2 Å². The second-order valence-electron chi connectivity index (χ2n) is 5.92. The van der Waals surface area contributed by atoms with E-state index in [-0.39, 0.29) is 16.2 Å². The zero-order chi connectivity index (χ0) is 18.9. The van der Waals surface area contributed by atoms with Crippen LogP contribution in [-0.4, -0.2) is 24.6 Å². The minimum absolute atomic E-state index is 0.0382. The molecule has 0 bridgehead atoms. The van der Waals surface area contributed by atoms with Gasteiger partial charge in [-0.2, -0.15) is 4.99 Å². The van der Waals surface area contributed by atoms with Crippen LogP contribution in [0.5, 0.6) is 0 Å². The Bertz CT molecular complexity index is 1150. The van der Waals surface area contributed by atoms with Crippen LogP contribution in [0.3, 0.4) is 0 Å². The Morgan fingerprint density at radius 3 is 2.58 bits per heavy atom. The number of sulfone groups is 1. The van der Waals surface area contributed by atoms with Gasteiger partial charge in [-0.05, 0) is 43.7 Å². The average Bonchev–Trinajstić information content (AvgIpc) is 2.97. The van der Waals surface area contributed by atoms with Gasteiger partial charge in [-0.1, -0.05) is 36.5 Å². The molecule has 0 spiro atoms. The summed E-state index contributed by atoms with van der Waals surface area (Å²) in [7, 11) is -3.50. The molecule has 3 rings (SSSR count). The molecule has 0 fully saturated rings. The first kappa shape index (κ1) is 18.5. The minimum Gasteiger partial charge on any atom is -0.317 e. The second kappa shape index (κ2) is 7.17. The minimum atomic E-state index is -3.50. The number of thiazole rings is 1. The number of carbonyl (C=O) groups is 1. The standard InChI is InChI=1S/C19H20N2O3S2/c1-4-21-15-11-10-13(3)12-16(15)25-19(21)20-18(22)14-8-6-7-9-17(14)26(23,24)5-2/h6-12H,4-5H2,1-3H3. The molecule has 0 N–H and O–H groups in total. The third-order valence-electron chi connectivity index (χ3n) is 4.18. The van der Waals surface area contributed by atoms with Crippen molar-refractivity contribution in [3.05, 3.63) is 58.4 Å². The van der Waals surface area contributed by atoms with E-state index in [0.29, 0.717) is 11.3 Å². The van der Waals surface area contributed by atoms with Gasteiger partial charge in [0, 0.05) is 6.54 Å². The van der Waals surface area contributed by atoms with Gasteiger partial charge in [0.25, 0.3) is 5.91 Å². The molecule has 1 aromatic heterocycles. The molecule has 26 heavy (non-hydrogen) atoms. The lowest BCUT2D eigenvalue weighted by molar-refractivity contribution is 0.0994. The summed E-state index contributed by atoms with van der Waals surface area (Å²) in [5, 5.41) is 0. The quantitative estimate of drug-likeness (QED) is 0.686. The van der Waals surface area contributed by atoms with E-state index in [4.69, 9.17) is 0 Å². The number of fused-ring (bicyclic) bond motifs is 1. The summed E-state index contributed by atoms with van der Waals surface area (Å²) in [5.74, 6) is -0.600. The largest absolute Gasteiger partial charge is 0.317 e. The lowest BCUT2D eigenvalue weighted by Crippen LogP contribution is -2.17. The van der Waals surface area contributed by atoms with Crippen molar-refractivity contribution in [3.8, 4) is 0 Å². The van der Waals surface area contributed by atoms with E-state index in [2.05, 4.69) is 11.1 Å². The molecule has 2 aromatic carbocycles. The molecule has 7 heteroatoms. The van der Waals surface area contributed by atoms with Crippen LogP contribution in [0.25, 0.3) is 10.2 Å². The summed E-state index contributed by atoms with van der Waals surface area (Å²) in [6.07, 6.45) is 0. The molecule has 0 unspecified atom stereocenters. The molecular weight excluding hydrogens is 368 g/mol. The fourth-order valence-corrected chi connectivity index (χ4v) is 5.07. The summed E-state index contributed by atoms with van der Waals surface area (Å²) in [5.41, 5.74) is 2.27. The van der Waals surface area contributed by atoms with Gasteiger partial charge in [-0.25, -0.2) is 8.42 Å². The van der Waals surface area contributed by atoms with Crippen LogP contribution in [0.15, 0.2) is 52.4 Å². The molecule has 5 nitrogen and oxygen atoms in total. The number of benzene rings is 2. The van der Waals surface area contributed by atoms with Crippen molar-refractivity contribution in [3.63, 3.8) is 0 Å². The summed E-state index contributed by atoms with van der Waals surface area (Å²) in [6.45, 7) is 6.24. The van der Waals surface area contributed by atoms with Crippen LogP contribution in [-0.2, 0) is 16.4 Å². The maximum absolute atomic E-state index is 12.8. The Balaban J connectivity index is 2.18. The average molecular weight is 389 g/mol. The van der Waals surface area contributed by atoms with E-state index in [0.717, 1.165) is 15.8 Å². The monoisotopic (exact) mass is 388 g/mol. The fourth-order valence-electron chi connectivity index (χ4n) is 2.79. The maximum Gasteiger partial charge on any atom is 0.280 e. The first-order valence-electron chi connectivity index (χ1n) is 8.38. The van der Waals surface area contributed by atoms with Gasteiger partial charge in [-0.3, -0.25) is 4.79 Å². The zero-order valence-electron chi connectivity index (χ0n) is 14.9. The van der Waals surface area contributed by atoms with E-state index in [1.54, 1.807) is 19.1 Å². The fraction of sp³-hybridized carbons (Fsp3) is 0.263. The number of hydrogen-bond donors (Lipinski definition) is 0. The highest BCUT2D eigenvalue weighted by atomic mass is 32.2. The van der Waals surface area contributed by atoms with Gasteiger partial charge in [0.1, 0.15) is 0 Å². The smallest absolute Gasteiger partial charge is 0.280 e. The van der Waals surface area contributed by atoms with Crippen molar-refractivity contribution in [2.24, 2.45) is 4.99 Å². The van der Waals surface area contributed by atoms with Crippen LogP contribution in [0, 0.1) is 6.92 Å². The third kappa shape index (κ3) is 3.37. The number of aromatic nitrogens is 1. The molecule has 1 amide bonds. The normalized spacial score (nSPS) is 12.7. The van der Waals surface area contributed by atoms with E-state index in [1.165, 1.54) is 23.5 Å². The highest BCUT2D eigenvalue weighted by Crippen LogP contribution is 2.20. The summed E-state index contributed by atoms with van der Waals surface area (Å²) >= 11 is 1.43. The number of hydrogen-bond acceptors (Lipinski definition) is 4. The Morgan fingerprint density at radius 2 is 1.88 bits per heavy atom. The highest BCUT2D eigenvalue weighted by Gasteiger charge is 2.20. The SMILES string of the molecule is CCn1c(=NC(=O)c2ccccc2S(=O)(=O)CC)sc2cc(C)ccc21. The van der Waals surface area contributed by atoms with E-state index in [1.807, 2.05) is 30.5 Å². The first-order chi connectivity index (χ1) is 12.4. The molecule has 0 atom stereocenters. The molecular formula is C19H20N2O3S2. The Labute approximate surface area is 156 Å². The Hall–Kier alpha value is -2.25. The van der Waals surface area contributed by atoms with Crippen LogP contribution in [0.4, 0.5) is 0 Å². The zero-order valence-corrected chi connectivity index (χ0v) is 16.5. The van der Waals surface area contributed by atoms with Gasteiger partial charge in [-0.15, -0.1) is 0 Å². The first-order valence-corrected chi connectivity index (χ1v) is 10.8. The van der Waals surface area contributed by atoms with Crippen molar-refractivity contribution < 1.29 is 13.2 Å². The summed E-state index contributed by atoms with van der Waals surface area (Å²) in [6, 6.07) is 12.4. The van der Waals surface area contributed by atoms with E-state index >= 15 is 0 Å². The highest BCUT2D eigenvalue weighted by molar-refractivity contribution is 7.91. The molecule has 0 aliphatic heterocycles. The lowest BCUT2D eigenvalue weighted by atomic mass is 10.2. The molecule has 136 valence electrons. The van der Waals surface area contributed by atoms with Crippen molar-refractivity contribution >= 4 is 37.3 Å². The molecule has 0 aliphatic carbocycles. The van der Waals surface area contributed by atoms with Crippen LogP contribution in [0.2, 0.25) is 0 Å². The third-order valence-corrected chi connectivity index (χ3v) is 7.01. The summed E-state index contributed by atoms with van der Waals surface area (Å²) in [4.78, 5) is 17.6. The topological polar surface area (TPSA) is 68.5 Å². The second-order valence-corrected chi connectivity index (χ2v) is 9.17. The van der Waals surface area contributed by atoms with Gasteiger partial charge in [0.15, 0.2) is 14.6 Å². The molecule has 0 saturated heterocycles. The number of nitrogens with zero attached hydrogens (tertiary/aromatic N) is 2. The molecule has 0 radical (unpaired) electrons. The predicted molar refractivity (Wildman–Crippen MR) is 104 cm³/mol. The van der Waals surface area contributed by atoms with Crippen LogP contribution < -0.4 is 4.80 Å². The van der Waals surface area contributed by atoms with Crippen molar-refractivity contribution in [1.82, 2.24) is 4.57 Å². The number of carbonyl (C=O) groups excluding carboxylic acids is 1. The van der Waals surface area contributed by atoms with Crippen molar-refractivity contribution in [2.75, 3.05) is 5.75 Å². The van der Waals surface area contributed by atoms with Crippen molar-refractivity contribution in [2.45, 2.75) is 32.2 Å². The molecule has 1 heterocycles. The van der Waals surface area contributed by atoms with Gasteiger partial charge in [0.2, 0.25) is 0 Å². The van der Waals surface area contributed by atoms with Crippen LogP contribution >= 0.6 is 11.3 Å². The Morgan fingerprint density at radius 1 is 1.15 bits per heavy atom. The van der Waals surface area contributed by atoms with Gasteiger partial charge < -0.3 is 4.57 Å². The maximum atomic E-state index is 12.8. The lowest BCUT2D eigenvalue weighted by Gasteiger charge is -2.06. The van der Waals surface area contributed by atoms with Gasteiger partial charge in [0.05, 0.1) is 26.4 Å². The molecule has 0 aliphatic rings. The molecule has 0 saturated carbocycles. The van der Waals surface area contributed by atoms with Crippen LogP contribution in [0.1, 0.15) is 29.8 Å². The van der Waals surface area contributed by atoms with Gasteiger partial charge >= 0.3 is 0 Å². The number of aryl methyl sites for hydroxylation is 2.